The summed E-state index contributed by atoms with van der Waals surface area (Å²) in [5.74, 6) is 0. The number of thiophene rings is 2. The molecule has 0 amide bonds. The lowest BCUT2D eigenvalue weighted by Crippen LogP contribution is -2.15. The van der Waals surface area contributed by atoms with E-state index in [9.17, 15) is 0 Å². The van der Waals surface area contributed by atoms with Crippen LogP contribution in [0.5, 0.6) is 0 Å². The first-order valence-electron chi connectivity index (χ1n) is 24.6. The minimum atomic E-state index is -0.121. The average molecular weight is 949 g/mol. The Morgan fingerprint density at radius 1 is 0.366 bits per heavy atom. The molecule has 2 nitrogen and oxygen atoms in total. The lowest BCUT2D eigenvalue weighted by Gasteiger charge is -2.22. The summed E-state index contributed by atoms with van der Waals surface area (Å²) in [7, 11) is 0. The molecule has 12 aromatic rings. The molecule has 0 saturated carbocycles. The van der Waals surface area contributed by atoms with Crippen molar-refractivity contribution >= 4 is 90.6 Å². The Hall–Kier alpha value is -7.76. The highest BCUT2D eigenvalue weighted by atomic mass is 32.1. The molecule has 0 atom stereocenters. The summed E-state index contributed by atoms with van der Waals surface area (Å²) in [6.45, 7) is 13.5. The van der Waals surface area contributed by atoms with E-state index < -0.39 is 0 Å². The van der Waals surface area contributed by atoms with E-state index >= 15 is 0 Å². The minimum Gasteiger partial charge on any atom is -0.309 e. The van der Waals surface area contributed by atoms with E-state index in [2.05, 4.69) is 257 Å². The molecule has 1 aliphatic carbocycles. The van der Waals surface area contributed by atoms with Crippen molar-refractivity contribution < 1.29 is 0 Å². The summed E-state index contributed by atoms with van der Waals surface area (Å²) in [6.07, 6.45) is 9.11. The molecular formula is C67H52N2S2. The van der Waals surface area contributed by atoms with E-state index in [1.165, 1.54) is 141 Å². The van der Waals surface area contributed by atoms with Crippen molar-refractivity contribution in [1.29, 1.82) is 0 Å². The van der Waals surface area contributed by atoms with Crippen LogP contribution in [-0.2, 0) is 5.41 Å². The maximum Gasteiger partial charge on any atom is 0.0541 e. The number of rotatable bonds is 8. The molecule has 1 aliphatic rings. The molecule has 0 spiro atoms. The molecule has 0 saturated heterocycles. The molecule has 0 N–H and O–H groups in total. The van der Waals surface area contributed by atoms with Gasteiger partial charge in [0, 0.05) is 57.8 Å². The summed E-state index contributed by atoms with van der Waals surface area (Å²) >= 11 is 3.69. The SMILES string of the molecule is Cc1cc(C)cc(-n2c3ccccc3c3cc(-c4ccc(C=Cc5ccc6c(c5)C(C)(C)c5cc(C=Cc7ccc(-c8ccc9c(c8)c8ccccc8n9-c8cc(C)cc(C)c8)s7)ccc5-6)s4)ccc32)c1. The van der Waals surface area contributed by atoms with Crippen LogP contribution >= 0.6 is 22.7 Å². The van der Waals surface area contributed by atoms with Crippen molar-refractivity contribution in [3.63, 3.8) is 0 Å². The van der Waals surface area contributed by atoms with Gasteiger partial charge < -0.3 is 9.13 Å². The van der Waals surface area contributed by atoms with E-state index in [-0.39, 0.29) is 5.41 Å². The molecule has 13 rings (SSSR count). The first-order chi connectivity index (χ1) is 34.5. The predicted molar refractivity (Wildman–Crippen MR) is 309 cm³/mol. The van der Waals surface area contributed by atoms with Gasteiger partial charge in [-0.15, -0.1) is 22.7 Å². The van der Waals surface area contributed by atoms with Crippen LogP contribution < -0.4 is 0 Å². The van der Waals surface area contributed by atoms with Gasteiger partial charge in [-0.05, 0) is 192 Å². The summed E-state index contributed by atoms with van der Waals surface area (Å²) in [6, 6.07) is 68.2. The van der Waals surface area contributed by atoms with E-state index in [1.807, 2.05) is 22.7 Å². The zero-order valence-corrected chi connectivity index (χ0v) is 42.5. The van der Waals surface area contributed by atoms with Crippen LogP contribution in [0.25, 0.3) is 111 Å². The zero-order valence-electron chi connectivity index (χ0n) is 40.8. The monoisotopic (exact) mass is 948 g/mol. The molecule has 0 unspecified atom stereocenters. The van der Waals surface area contributed by atoms with Gasteiger partial charge in [0.1, 0.15) is 0 Å². The van der Waals surface area contributed by atoms with Gasteiger partial charge in [0.05, 0.1) is 22.1 Å². The Bertz CT molecular complexity index is 3880. The molecule has 8 aromatic carbocycles. The third-order valence-corrected chi connectivity index (χ3v) is 16.9. The molecule has 71 heavy (non-hydrogen) atoms. The van der Waals surface area contributed by atoms with Gasteiger partial charge in [0.15, 0.2) is 0 Å². The standard InChI is InChI=1S/C67H52N2S2/c1-41-31-42(2)34-49(33-41)68-61-13-9-7-11-55(61)57-39-47(19-27-63(57)68)65-29-23-51(70-65)21-15-45-17-25-53-54-26-18-46(38-60(54)67(5,6)59(53)37-45)16-22-52-24-30-66(71-52)48-20-28-64-58(40-48)56-12-8-10-14-62(56)69(64)50-35-43(3)32-44(4)36-50/h7-40H,1-6H3. The zero-order chi connectivity index (χ0) is 48.1. The smallest absolute Gasteiger partial charge is 0.0541 e. The maximum absolute atomic E-state index is 2.42. The highest BCUT2D eigenvalue weighted by molar-refractivity contribution is 7.16. The number of fused-ring (bicyclic) bond motifs is 9. The quantitative estimate of drug-likeness (QED) is 0.144. The molecule has 0 fully saturated rings. The van der Waals surface area contributed by atoms with Crippen LogP contribution in [0.15, 0.2) is 182 Å². The van der Waals surface area contributed by atoms with Crippen molar-refractivity contribution in [3.8, 4) is 43.4 Å². The van der Waals surface area contributed by atoms with Crippen molar-refractivity contribution in [2.75, 3.05) is 0 Å². The van der Waals surface area contributed by atoms with Crippen LogP contribution in [-0.4, -0.2) is 9.13 Å². The molecule has 4 aromatic heterocycles. The Labute approximate surface area is 423 Å². The Morgan fingerprint density at radius 2 is 0.775 bits per heavy atom. The third-order valence-electron chi connectivity index (χ3n) is 14.7. The number of hydrogen-bond acceptors (Lipinski definition) is 2. The Morgan fingerprint density at radius 3 is 1.21 bits per heavy atom. The summed E-state index contributed by atoms with van der Waals surface area (Å²) in [5.41, 5.74) is 22.7. The number of aryl methyl sites for hydroxylation is 4. The number of hydrogen-bond donors (Lipinski definition) is 0. The van der Waals surface area contributed by atoms with Gasteiger partial charge >= 0.3 is 0 Å². The van der Waals surface area contributed by atoms with Crippen molar-refractivity contribution in [2.24, 2.45) is 0 Å². The van der Waals surface area contributed by atoms with E-state index in [0.29, 0.717) is 0 Å². The topological polar surface area (TPSA) is 9.86 Å². The lowest BCUT2D eigenvalue weighted by molar-refractivity contribution is 0.660. The second-order valence-corrected chi connectivity index (χ2v) is 22.4. The third kappa shape index (κ3) is 7.44. The second kappa shape index (κ2) is 16.7. The molecule has 0 bridgehead atoms. The normalized spacial score (nSPS) is 13.2. The van der Waals surface area contributed by atoms with Crippen molar-refractivity contribution in [2.45, 2.75) is 47.0 Å². The van der Waals surface area contributed by atoms with Gasteiger partial charge in [0.2, 0.25) is 0 Å². The number of nitrogens with zero attached hydrogens (tertiary/aromatic N) is 2. The molecule has 4 heterocycles. The fourth-order valence-corrected chi connectivity index (χ4v) is 13.3. The van der Waals surface area contributed by atoms with E-state index in [1.54, 1.807) is 0 Å². The fraction of sp³-hybridized carbons (Fsp3) is 0.104. The number of para-hydroxylation sites is 2. The molecular weight excluding hydrogens is 897 g/mol. The molecule has 342 valence electrons. The maximum atomic E-state index is 2.42. The number of aromatic nitrogens is 2. The van der Waals surface area contributed by atoms with Crippen molar-refractivity contribution in [1.82, 2.24) is 9.13 Å². The predicted octanol–water partition coefficient (Wildman–Crippen LogP) is 19.2. The summed E-state index contributed by atoms with van der Waals surface area (Å²) in [4.78, 5) is 5.04. The summed E-state index contributed by atoms with van der Waals surface area (Å²) < 4.78 is 4.83. The molecule has 0 aliphatic heterocycles. The largest absolute Gasteiger partial charge is 0.309 e. The van der Waals surface area contributed by atoms with Crippen LogP contribution in [0.4, 0.5) is 0 Å². The molecule has 4 heteroatoms. The highest BCUT2D eigenvalue weighted by Crippen LogP contribution is 2.50. The van der Waals surface area contributed by atoms with Crippen LogP contribution in [0.2, 0.25) is 0 Å². The van der Waals surface area contributed by atoms with Gasteiger partial charge in [-0.1, -0.05) is 123 Å². The lowest BCUT2D eigenvalue weighted by atomic mass is 9.81. The van der Waals surface area contributed by atoms with Crippen LogP contribution in [0.3, 0.4) is 0 Å². The minimum absolute atomic E-state index is 0.121. The summed E-state index contributed by atoms with van der Waals surface area (Å²) in [5, 5.41) is 5.12. The van der Waals surface area contributed by atoms with Gasteiger partial charge in [-0.3, -0.25) is 0 Å². The van der Waals surface area contributed by atoms with Gasteiger partial charge in [0.25, 0.3) is 0 Å². The van der Waals surface area contributed by atoms with Gasteiger partial charge in [-0.25, -0.2) is 0 Å². The first kappa shape index (κ1) is 43.3. The highest BCUT2D eigenvalue weighted by Gasteiger charge is 2.35. The fourth-order valence-electron chi connectivity index (χ4n) is 11.5. The van der Waals surface area contributed by atoms with E-state index in [4.69, 9.17) is 0 Å². The Kier molecular flexibility index (Phi) is 10.2. The van der Waals surface area contributed by atoms with Crippen LogP contribution in [0.1, 0.15) is 68.1 Å². The van der Waals surface area contributed by atoms with Gasteiger partial charge in [-0.2, -0.15) is 0 Å². The average Bonchev–Trinajstić information content (AvgIpc) is 4.20. The second-order valence-electron chi connectivity index (χ2n) is 20.2. The first-order valence-corrected chi connectivity index (χ1v) is 26.3. The Balaban J connectivity index is 0.731. The van der Waals surface area contributed by atoms with E-state index in [0.717, 1.165) is 0 Å². The molecule has 0 radical (unpaired) electrons. The van der Waals surface area contributed by atoms with Crippen molar-refractivity contribution in [3.05, 3.63) is 236 Å². The van der Waals surface area contributed by atoms with Crippen LogP contribution in [0, 0.1) is 27.7 Å². The number of benzene rings is 8.